The van der Waals surface area contributed by atoms with E-state index in [1.807, 2.05) is 0 Å². The Hall–Kier alpha value is -1.29. The average Bonchev–Trinajstić information content (AvgIpc) is 2.65. The van der Waals surface area contributed by atoms with Gasteiger partial charge in [-0.3, -0.25) is 0 Å². The molecule has 1 atom stereocenters. The molecule has 4 heteroatoms. The molecule has 1 aromatic heterocycles. The van der Waals surface area contributed by atoms with Crippen LogP contribution in [0.4, 0.5) is 0 Å². The van der Waals surface area contributed by atoms with E-state index in [0.29, 0.717) is 17.7 Å². The second kappa shape index (κ2) is 3.94. The van der Waals surface area contributed by atoms with E-state index in [0.717, 1.165) is 12.5 Å². The fourth-order valence-corrected chi connectivity index (χ4v) is 1.88. The number of carboxylic acids is 1. The molecule has 16 heavy (non-hydrogen) atoms. The summed E-state index contributed by atoms with van der Waals surface area (Å²) in [5.74, 6) is 0.399. The normalized spacial score (nSPS) is 22.0. The molecule has 0 amide bonds. The van der Waals surface area contributed by atoms with Gasteiger partial charge in [-0.1, -0.05) is 13.8 Å². The molecule has 1 aromatic rings. The predicted octanol–water partition coefficient (Wildman–Crippen LogP) is 2.11. The molecular weight excluding hydrogens is 206 g/mol. The van der Waals surface area contributed by atoms with E-state index < -0.39 is 5.97 Å². The first kappa shape index (κ1) is 11.2. The SMILES string of the molecule is CC1(C)CC1CNCc1ccc(C(=O)O)o1. The van der Waals surface area contributed by atoms with Crippen molar-refractivity contribution in [1.82, 2.24) is 5.32 Å². The smallest absolute Gasteiger partial charge is 0.371 e. The van der Waals surface area contributed by atoms with Gasteiger partial charge in [0.1, 0.15) is 5.76 Å². The number of carboxylic acid groups (broad SMARTS) is 1. The Labute approximate surface area is 94.6 Å². The molecular formula is C12H17NO3. The Morgan fingerprint density at radius 1 is 1.62 bits per heavy atom. The van der Waals surface area contributed by atoms with Gasteiger partial charge in [-0.05, 0) is 36.4 Å². The van der Waals surface area contributed by atoms with Crippen molar-refractivity contribution in [3.8, 4) is 0 Å². The van der Waals surface area contributed by atoms with Gasteiger partial charge < -0.3 is 14.8 Å². The van der Waals surface area contributed by atoms with E-state index in [1.54, 1.807) is 6.07 Å². The summed E-state index contributed by atoms with van der Waals surface area (Å²) in [6, 6.07) is 3.19. The van der Waals surface area contributed by atoms with E-state index >= 15 is 0 Å². The first-order valence-electron chi connectivity index (χ1n) is 5.52. The number of hydrogen-bond donors (Lipinski definition) is 2. The standard InChI is InChI=1S/C12H17NO3/c1-12(2)5-8(12)6-13-7-9-3-4-10(16-9)11(14)15/h3-4,8,13H,5-7H2,1-2H3,(H,14,15). The molecule has 2 N–H and O–H groups in total. The molecule has 1 aliphatic carbocycles. The molecule has 88 valence electrons. The molecule has 0 spiro atoms. The Balaban J connectivity index is 1.75. The number of carbonyl (C=O) groups is 1. The molecule has 0 bridgehead atoms. The van der Waals surface area contributed by atoms with Gasteiger partial charge in [-0.15, -0.1) is 0 Å². The van der Waals surface area contributed by atoms with E-state index in [4.69, 9.17) is 9.52 Å². The van der Waals surface area contributed by atoms with Gasteiger partial charge in [0.15, 0.2) is 0 Å². The minimum Gasteiger partial charge on any atom is -0.475 e. The lowest BCUT2D eigenvalue weighted by Gasteiger charge is -2.04. The summed E-state index contributed by atoms with van der Waals surface area (Å²) in [7, 11) is 0. The van der Waals surface area contributed by atoms with Gasteiger partial charge in [0.25, 0.3) is 0 Å². The number of furan rings is 1. The van der Waals surface area contributed by atoms with Crippen LogP contribution in [0.25, 0.3) is 0 Å². The van der Waals surface area contributed by atoms with Crippen LogP contribution in [0.5, 0.6) is 0 Å². The van der Waals surface area contributed by atoms with Crippen molar-refractivity contribution in [2.45, 2.75) is 26.8 Å². The van der Waals surface area contributed by atoms with Crippen LogP contribution in [-0.4, -0.2) is 17.6 Å². The van der Waals surface area contributed by atoms with Crippen LogP contribution in [0.1, 0.15) is 36.6 Å². The third-order valence-corrected chi connectivity index (χ3v) is 3.28. The molecule has 2 rings (SSSR count). The minimum absolute atomic E-state index is 0.00329. The van der Waals surface area contributed by atoms with E-state index in [2.05, 4.69) is 19.2 Å². The second-order valence-corrected chi connectivity index (χ2v) is 5.09. The van der Waals surface area contributed by atoms with Crippen molar-refractivity contribution < 1.29 is 14.3 Å². The van der Waals surface area contributed by atoms with Crippen LogP contribution in [0.3, 0.4) is 0 Å². The second-order valence-electron chi connectivity index (χ2n) is 5.09. The molecule has 0 aromatic carbocycles. The zero-order chi connectivity index (χ0) is 11.8. The van der Waals surface area contributed by atoms with Crippen molar-refractivity contribution in [3.63, 3.8) is 0 Å². The van der Waals surface area contributed by atoms with Crippen LogP contribution in [0.2, 0.25) is 0 Å². The zero-order valence-electron chi connectivity index (χ0n) is 9.62. The molecule has 1 unspecified atom stereocenters. The van der Waals surface area contributed by atoms with Gasteiger partial charge in [0, 0.05) is 0 Å². The lowest BCUT2D eigenvalue weighted by atomic mass is 10.1. The first-order valence-corrected chi connectivity index (χ1v) is 5.52. The predicted molar refractivity (Wildman–Crippen MR) is 59.3 cm³/mol. The highest BCUT2D eigenvalue weighted by atomic mass is 16.4. The van der Waals surface area contributed by atoms with Gasteiger partial charge in [0.2, 0.25) is 5.76 Å². The summed E-state index contributed by atoms with van der Waals surface area (Å²) in [5, 5.41) is 12.0. The number of rotatable bonds is 5. The topological polar surface area (TPSA) is 62.5 Å². The van der Waals surface area contributed by atoms with Gasteiger partial charge in [0.05, 0.1) is 6.54 Å². The molecule has 4 nitrogen and oxygen atoms in total. The lowest BCUT2D eigenvalue weighted by Crippen LogP contribution is -2.17. The Morgan fingerprint density at radius 2 is 2.31 bits per heavy atom. The molecule has 1 saturated carbocycles. The van der Waals surface area contributed by atoms with E-state index in [1.165, 1.54) is 12.5 Å². The van der Waals surface area contributed by atoms with Crippen molar-refractivity contribution in [2.24, 2.45) is 11.3 Å². The molecule has 1 heterocycles. The maximum atomic E-state index is 10.6. The zero-order valence-corrected chi connectivity index (χ0v) is 9.62. The van der Waals surface area contributed by atoms with Crippen molar-refractivity contribution >= 4 is 5.97 Å². The average molecular weight is 223 g/mol. The largest absolute Gasteiger partial charge is 0.475 e. The van der Waals surface area contributed by atoms with Crippen LogP contribution in [-0.2, 0) is 6.54 Å². The maximum Gasteiger partial charge on any atom is 0.371 e. The monoisotopic (exact) mass is 223 g/mol. The van der Waals surface area contributed by atoms with Crippen LogP contribution in [0.15, 0.2) is 16.5 Å². The quantitative estimate of drug-likeness (QED) is 0.802. The summed E-state index contributed by atoms with van der Waals surface area (Å²) >= 11 is 0. The summed E-state index contributed by atoms with van der Waals surface area (Å²) in [6.45, 7) is 6.08. The number of aromatic carboxylic acids is 1. The first-order chi connectivity index (χ1) is 7.49. The molecule has 0 aliphatic heterocycles. The summed E-state index contributed by atoms with van der Waals surface area (Å²) in [5.41, 5.74) is 0.475. The molecule has 0 saturated heterocycles. The number of nitrogens with one attached hydrogen (secondary N) is 1. The van der Waals surface area contributed by atoms with Gasteiger partial charge in [-0.25, -0.2) is 4.79 Å². The highest BCUT2D eigenvalue weighted by molar-refractivity contribution is 5.84. The minimum atomic E-state index is -1.02. The van der Waals surface area contributed by atoms with Crippen molar-refractivity contribution in [1.29, 1.82) is 0 Å². The number of hydrogen-bond acceptors (Lipinski definition) is 3. The third-order valence-electron chi connectivity index (χ3n) is 3.28. The van der Waals surface area contributed by atoms with Gasteiger partial charge in [-0.2, -0.15) is 0 Å². The molecule has 1 aliphatic rings. The fraction of sp³-hybridized carbons (Fsp3) is 0.583. The highest BCUT2D eigenvalue weighted by Gasteiger charge is 2.44. The lowest BCUT2D eigenvalue weighted by molar-refractivity contribution is 0.0660. The summed E-state index contributed by atoms with van der Waals surface area (Å²) < 4.78 is 5.14. The fourth-order valence-electron chi connectivity index (χ4n) is 1.88. The van der Waals surface area contributed by atoms with Crippen molar-refractivity contribution in [2.75, 3.05) is 6.54 Å². The highest BCUT2D eigenvalue weighted by Crippen LogP contribution is 2.50. The Bertz CT molecular complexity index is 395. The molecule has 1 fully saturated rings. The van der Waals surface area contributed by atoms with E-state index in [9.17, 15) is 4.79 Å². The van der Waals surface area contributed by atoms with Crippen LogP contribution < -0.4 is 5.32 Å². The maximum absolute atomic E-state index is 10.6. The summed E-state index contributed by atoms with van der Waals surface area (Å²) in [4.78, 5) is 10.6. The Morgan fingerprint density at radius 3 is 2.81 bits per heavy atom. The van der Waals surface area contributed by atoms with Crippen LogP contribution >= 0.6 is 0 Å². The summed E-state index contributed by atoms with van der Waals surface area (Å²) in [6.07, 6.45) is 1.26. The third kappa shape index (κ3) is 2.44. The van der Waals surface area contributed by atoms with Crippen molar-refractivity contribution in [3.05, 3.63) is 23.7 Å². The van der Waals surface area contributed by atoms with Crippen LogP contribution in [0, 0.1) is 11.3 Å². The molecule has 0 radical (unpaired) electrons. The van der Waals surface area contributed by atoms with E-state index in [-0.39, 0.29) is 5.76 Å². The van der Waals surface area contributed by atoms with Gasteiger partial charge >= 0.3 is 5.97 Å². The Kier molecular flexibility index (Phi) is 2.76.